The number of hydrogen-bond acceptors (Lipinski definition) is 2. The minimum Gasteiger partial charge on any atom is -0.294 e. The maximum Gasteiger partial charge on any atom is 0.168 e. The van der Waals surface area contributed by atoms with E-state index in [-0.39, 0.29) is 11.2 Å². The number of nitrogens with zero attached hydrogens (tertiary/aromatic N) is 1. The lowest BCUT2D eigenvalue weighted by Gasteiger charge is -2.41. The van der Waals surface area contributed by atoms with Crippen LogP contribution in [0.1, 0.15) is 69.3 Å². The molecule has 2 nitrogen and oxygen atoms in total. The van der Waals surface area contributed by atoms with Crippen molar-refractivity contribution in [3.8, 4) is 6.07 Å². The Balaban J connectivity index is 2.11. The zero-order chi connectivity index (χ0) is 15.7. The molecule has 0 aromatic heterocycles. The topological polar surface area (TPSA) is 40.9 Å². The van der Waals surface area contributed by atoms with Crippen LogP contribution in [0.25, 0.3) is 0 Å². The first-order valence-electron chi connectivity index (χ1n) is 7.81. The second-order valence-corrected chi connectivity index (χ2v) is 7.72. The highest BCUT2D eigenvalue weighted by molar-refractivity contribution is 6.00. The average molecular weight is 283 g/mol. The van der Waals surface area contributed by atoms with Crippen LogP contribution in [0.4, 0.5) is 0 Å². The van der Waals surface area contributed by atoms with Crippen LogP contribution in [0.2, 0.25) is 0 Å². The van der Waals surface area contributed by atoms with Crippen LogP contribution in [0.3, 0.4) is 0 Å². The molecule has 112 valence electrons. The van der Waals surface area contributed by atoms with Gasteiger partial charge >= 0.3 is 0 Å². The van der Waals surface area contributed by atoms with Crippen molar-refractivity contribution >= 4 is 5.78 Å². The molecule has 1 aromatic carbocycles. The maximum atomic E-state index is 12.8. The number of carbonyl (C=O) groups excluding carboxylic acids is 1. The zero-order valence-electron chi connectivity index (χ0n) is 13.6. The van der Waals surface area contributed by atoms with Crippen LogP contribution in [0, 0.1) is 28.1 Å². The van der Waals surface area contributed by atoms with Crippen molar-refractivity contribution in [1.29, 1.82) is 5.26 Å². The molecule has 1 aliphatic carbocycles. The molecule has 0 radical (unpaired) electrons. The van der Waals surface area contributed by atoms with E-state index >= 15 is 0 Å². The lowest BCUT2D eigenvalue weighted by molar-refractivity contribution is 0.0610. The van der Waals surface area contributed by atoms with Crippen molar-refractivity contribution in [1.82, 2.24) is 0 Å². The van der Waals surface area contributed by atoms with Crippen molar-refractivity contribution in [3.05, 3.63) is 35.4 Å². The van der Waals surface area contributed by atoms with Crippen molar-refractivity contribution in [2.75, 3.05) is 0 Å². The summed E-state index contributed by atoms with van der Waals surface area (Å²) < 4.78 is 0. The maximum absolute atomic E-state index is 12.8. The first-order chi connectivity index (χ1) is 9.76. The number of carbonyl (C=O) groups is 1. The fourth-order valence-electron chi connectivity index (χ4n) is 3.39. The first-order valence-corrected chi connectivity index (χ1v) is 7.81. The predicted molar refractivity (Wildman–Crippen MR) is 85.0 cm³/mol. The minimum absolute atomic E-state index is 0.236. The molecule has 0 atom stereocenters. The zero-order valence-corrected chi connectivity index (χ0v) is 13.6. The van der Waals surface area contributed by atoms with E-state index in [1.54, 1.807) is 24.3 Å². The molecular formula is C19H25NO. The Kier molecular flexibility index (Phi) is 4.23. The third-order valence-electron chi connectivity index (χ3n) is 5.14. The highest BCUT2D eigenvalue weighted by Gasteiger charge is 2.40. The van der Waals surface area contributed by atoms with Gasteiger partial charge in [-0.2, -0.15) is 5.26 Å². The molecule has 1 aromatic rings. The Morgan fingerprint density at radius 3 is 2.14 bits per heavy atom. The van der Waals surface area contributed by atoms with Gasteiger partial charge in [0.2, 0.25) is 0 Å². The van der Waals surface area contributed by atoms with Crippen LogP contribution >= 0.6 is 0 Å². The monoisotopic (exact) mass is 283 g/mol. The number of nitriles is 1. The van der Waals surface area contributed by atoms with Gasteiger partial charge in [0.05, 0.1) is 11.6 Å². The number of hydrogen-bond donors (Lipinski definition) is 0. The van der Waals surface area contributed by atoms with Crippen LogP contribution in [-0.2, 0) is 0 Å². The second kappa shape index (κ2) is 5.64. The van der Waals surface area contributed by atoms with Gasteiger partial charge < -0.3 is 0 Å². The van der Waals surface area contributed by atoms with E-state index in [2.05, 4.69) is 33.8 Å². The van der Waals surface area contributed by atoms with Gasteiger partial charge in [0, 0.05) is 11.0 Å². The summed E-state index contributed by atoms with van der Waals surface area (Å²) in [6.07, 6.45) is 4.19. The van der Waals surface area contributed by atoms with E-state index in [0.717, 1.165) is 31.2 Å². The highest BCUT2D eigenvalue weighted by atomic mass is 16.1. The summed E-state index contributed by atoms with van der Waals surface area (Å²) in [7, 11) is 0. The van der Waals surface area contributed by atoms with E-state index < -0.39 is 0 Å². The summed E-state index contributed by atoms with van der Waals surface area (Å²) in [5.41, 5.74) is 1.44. The van der Waals surface area contributed by atoms with Gasteiger partial charge in [-0.3, -0.25) is 4.79 Å². The van der Waals surface area contributed by atoms with Crippen molar-refractivity contribution in [2.45, 2.75) is 53.4 Å². The Hall–Kier alpha value is -1.62. The smallest absolute Gasteiger partial charge is 0.168 e. The summed E-state index contributed by atoms with van der Waals surface area (Å²) in [4.78, 5) is 12.8. The Labute approximate surface area is 128 Å². The molecule has 0 heterocycles. The molecule has 0 spiro atoms. The predicted octanol–water partition coefficient (Wildman–Crippen LogP) is 4.98. The van der Waals surface area contributed by atoms with Crippen LogP contribution in [0.15, 0.2) is 24.3 Å². The lowest BCUT2D eigenvalue weighted by atomic mass is 9.63. The van der Waals surface area contributed by atoms with E-state index in [1.807, 2.05) is 0 Å². The highest BCUT2D eigenvalue weighted by Crippen LogP contribution is 2.46. The molecule has 0 unspecified atom stereocenters. The molecule has 0 bridgehead atoms. The Morgan fingerprint density at radius 2 is 1.71 bits per heavy atom. The SMILES string of the molecule is CC1(C(=O)c2ccc(C#N)cc2)CCC(C(C)(C)C)CC1. The van der Waals surface area contributed by atoms with Gasteiger partial charge in [0.15, 0.2) is 5.78 Å². The fourth-order valence-corrected chi connectivity index (χ4v) is 3.39. The molecule has 21 heavy (non-hydrogen) atoms. The van der Waals surface area contributed by atoms with Gasteiger partial charge in [-0.15, -0.1) is 0 Å². The standard InChI is InChI=1S/C19H25NO/c1-18(2,3)16-9-11-19(4,12-10-16)17(21)15-7-5-14(13-20)6-8-15/h5-8,16H,9-12H2,1-4H3. The molecule has 1 saturated carbocycles. The molecule has 1 aliphatic rings. The van der Waals surface area contributed by atoms with E-state index in [1.165, 1.54) is 0 Å². The van der Waals surface area contributed by atoms with Crippen LogP contribution in [0.5, 0.6) is 0 Å². The van der Waals surface area contributed by atoms with Crippen LogP contribution in [-0.4, -0.2) is 5.78 Å². The van der Waals surface area contributed by atoms with E-state index in [4.69, 9.17) is 5.26 Å². The molecule has 2 heteroatoms. The van der Waals surface area contributed by atoms with Gasteiger partial charge in [-0.25, -0.2) is 0 Å². The summed E-state index contributed by atoms with van der Waals surface area (Å²) in [5.74, 6) is 0.943. The van der Waals surface area contributed by atoms with Crippen LogP contribution < -0.4 is 0 Å². The number of benzene rings is 1. The Bertz CT molecular complexity index is 549. The third-order valence-corrected chi connectivity index (χ3v) is 5.14. The van der Waals surface area contributed by atoms with Gasteiger partial charge in [0.25, 0.3) is 0 Å². The molecule has 0 aliphatic heterocycles. The summed E-state index contributed by atoms with van der Waals surface area (Å²) in [6.45, 7) is 8.99. The largest absolute Gasteiger partial charge is 0.294 e. The molecule has 1 fully saturated rings. The third kappa shape index (κ3) is 3.35. The minimum atomic E-state index is -0.240. The molecule has 0 amide bonds. The summed E-state index contributed by atoms with van der Waals surface area (Å²) in [5, 5.41) is 8.84. The molecule has 0 saturated heterocycles. The quantitative estimate of drug-likeness (QED) is 0.718. The second-order valence-electron chi connectivity index (χ2n) is 7.72. The van der Waals surface area contributed by atoms with Gasteiger partial charge in [-0.1, -0.05) is 39.8 Å². The van der Waals surface area contributed by atoms with E-state index in [0.29, 0.717) is 16.9 Å². The van der Waals surface area contributed by atoms with Crippen molar-refractivity contribution in [2.24, 2.45) is 16.7 Å². The average Bonchev–Trinajstić information content (AvgIpc) is 2.46. The summed E-state index contributed by atoms with van der Waals surface area (Å²) in [6, 6.07) is 9.15. The number of rotatable bonds is 2. The fraction of sp³-hybridized carbons (Fsp3) is 0.579. The molecule has 2 rings (SSSR count). The molecule has 0 N–H and O–H groups in total. The van der Waals surface area contributed by atoms with Gasteiger partial charge in [0.1, 0.15) is 0 Å². The van der Waals surface area contributed by atoms with Gasteiger partial charge in [-0.05, 0) is 49.1 Å². The first kappa shape index (κ1) is 15.8. The van der Waals surface area contributed by atoms with Crippen molar-refractivity contribution < 1.29 is 4.79 Å². The number of Topliss-reactive ketones (excluding diaryl/α,β-unsaturated/α-hetero) is 1. The Morgan fingerprint density at radius 1 is 1.19 bits per heavy atom. The van der Waals surface area contributed by atoms with Crippen molar-refractivity contribution in [3.63, 3.8) is 0 Å². The lowest BCUT2D eigenvalue weighted by Crippen LogP contribution is -2.36. The van der Waals surface area contributed by atoms with E-state index in [9.17, 15) is 4.79 Å². The number of ketones is 1. The summed E-state index contributed by atoms with van der Waals surface area (Å²) >= 11 is 0. The normalized spacial score (nSPS) is 26.1. The molecular weight excluding hydrogens is 258 g/mol.